The summed E-state index contributed by atoms with van der Waals surface area (Å²) in [5.74, 6) is 0.0896. The molecule has 1 N–H and O–H groups in total. The van der Waals surface area contributed by atoms with Crippen molar-refractivity contribution in [2.75, 3.05) is 0 Å². The number of aryl methyl sites for hydroxylation is 3. The third-order valence-corrected chi connectivity index (χ3v) is 4.39. The molecule has 1 aromatic carbocycles. The summed E-state index contributed by atoms with van der Waals surface area (Å²) in [5, 5.41) is 4.10. The van der Waals surface area contributed by atoms with Crippen molar-refractivity contribution >= 4 is 17.2 Å². The number of thiazole rings is 1. The first-order chi connectivity index (χ1) is 9.56. The Hall–Kier alpha value is -1.68. The molecular formula is C16H20N2OS. The standard InChI is InChI=1S/C16H20N2OS/c1-11(14-7-5-4-6-8-14)18-16(19)10-9-15-12(2)17-13(3)20-15/h4-8,11H,9-10H2,1-3H3,(H,18,19). The molecule has 0 radical (unpaired) electrons. The summed E-state index contributed by atoms with van der Waals surface area (Å²) in [7, 11) is 0. The molecule has 0 aliphatic rings. The molecule has 1 atom stereocenters. The van der Waals surface area contributed by atoms with Crippen LogP contribution in [0, 0.1) is 13.8 Å². The van der Waals surface area contributed by atoms with Crippen molar-refractivity contribution in [3.63, 3.8) is 0 Å². The highest BCUT2D eigenvalue weighted by Crippen LogP contribution is 2.19. The van der Waals surface area contributed by atoms with Gasteiger partial charge in [0.05, 0.1) is 16.7 Å². The number of carbonyl (C=O) groups excluding carboxylic acids is 1. The highest BCUT2D eigenvalue weighted by molar-refractivity contribution is 7.11. The van der Waals surface area contributed by atoms with E-state index in [0.717, 1.165) is 22.7 Å². The van der Waals surface area contributed by atoms with E-state index in [-0.39, 0.29) is 11.9 Å². The second-order valence-corrected chi connectivity index (χ2v) is 6.23. The zero-order chi connectivity index (χ0) is 14.5. The van der Waals surface area contributed by atoms with E-state index in [1.165, 1.54) is 4.88 Å². The number of hydrogen-bond acceptors (Lipinski definition) is 3. The summed E-state index contributed by atoms with van der Waals surface area (Å²) in [6, 6.07) is 10.1. The van der Waals surface area contributed by atoms with E-state index in [4.69, 9.17) is 0 Å². The van der Waals surface area contributed by atoms with Crippen LogP contribution in [0.4, 0.5) is 0 Å². The molecule has 1 amide bonds. The van der Waals surface area contributed by atoms with Gasteiger partial charge in [-0.25, -0.2) is 4.98 Å². The molecular weight excluding hydrogens is 268 g/mol. The van der Waals surface area contributed by atoms with Gasteiger partial charge in [-0.05, 0) is 32.8 Å². The maximum absolute atomic E-state index is 12.0. The summed E-state index contributed by atoms with van der Waals surface area (Å²) in [4.78, 5) is 17.6. The third-order valence-electron chi connectivity index (χ3n) is 3.26. The van der Waals surface area contributed by atoms with Crippen LogP contribution in [-0.2, 0) is 11.2 Å². The van der Waals surface area contributed by atoms with Gasteiger partial charge in [0.25, 0.3) is 0 Å². The van der Waals surface area contributed by atoms with Crippen LogP contribution in [0.1, 0.15) is 40.5 Å². The van der Waals surface area contributed by atoms with E-state index in [0.29, 0.717) is 6.42 Å². The number of amides is 1. The van der Waals surface area contributed by atoms with Gasteiger partial charge in [0.1, 0.15) is 0 Å². The molecule has 0 bridgehead atoms. The van der Waals surface area contributed by atoms with E-state index >= 15 is 0 Å². The molecule has 106 valence electrons. The molecule has 0 aliphatic heterocycles. The molecule has 0 saturated heterocycles. The minimum atomic E-state index is 0.0491. The van der Waals surface area contributed by atoms with Gasteiger partial charge in [0.2, 0.25) is 5.91 Å². The Labute approximate surface area is 124 Å². The largest absolute Gasteiger partial charge is 0.350 e. The minimum Gasteiger partial charge on any atom is -0.350 e. The van der Waals surface area contributed by atoms with Gasteiger partial charge in [-0.15, -0.1) is 11.3 Å². The fourth-order valence-electron chi connectivity index (χ4n) is 2.17. The quantitative estimate of drug-likeness (QED) is 0.914. The SMILES string of the molecule is Cc1nc(C)c(CCC(=O)NC(C)c2ccccc2)s1. The van der Waals surface area contributed by atoms with Crippen LogP contribution in [0.5, 0.6) is 0 Å². The van der Waals surface area contributed by atoms with E-state index < -0.39 is 0 Å². The van der Waals surface area contributed by atoms with Crippen molar-refractivity contribution in [3.05, 3.63) is 51.5 Å². The van der Waals surface area contributed by atoms with Crippen LogP contribution in [-0.4, -0.2) is 10.9 Å². The molecule has 20 heavy (non-hydrogen) atoms. The maximum atomic E-state index is 12.0. The topological polar surface area (TPSA) is 42.0 Å². The number of benzene rings is 1. The highest BCUT2D eigenvalue weighted by Gasteiger charge is 2.11. The van der Waals surface area contributed by atoms with E-state index in [9.17, 15) is 4.79 Å². The first kappa shape index (κ1) is 14.7. The molecule has 0 spiro atoms. The number of nitrogens with zero attached hydrogens (tertiary/aromatic N) is 1. The molecule has 0 fully saturated rings. The lowest BCUT2D eigenvalue weighted by molar-refractivity contribution is -0.121. The van der Waals surface area contributed by atoms with Crippen molar-refractivity contribution in [2.45, 2.75) is 39.7 Å². The average Bonchev–Trinajstić information content (AvgIpc) is 2.75. The highest BCUT2D eigenvalue weighted by atomic mass is 32.1. The van der Waals surface area contributed by atoms with Crippen molar-refractivity contribution < 1.29 is 4.79 Å². The van der Waals surface area contributed by atoms with Gasteiger partial charge in [0, 0.05) is 11.3 Å². The molecule has 1 aromatic heterocycles. The van der Waals surface area contributed by atoms with Gasteiger partial charge in [0.15, 0.2) is 0 Å². The molecule has 1 unspecified atom stereocenters. The van der Waals surface area contributed by atoms with Crippen LogP contribution >= 0.6 is 11.3 Å². The zero-order valence-corrected chi connectivity index (χ0v) is 13.0. The second-order valence-electron chi connectivity index (χ2n) is 4.94. The Kier molecular flexibility index (Phi) is 4.90. The summed E-state index contributed by atoms with van der Waals surface area (Å²) >= 11 is 1.68. The summed E-state index contributed by atoms with van der Waals surface area (Å²) < 4.78 is 0. The Morgan fingerprint density at radius 1 is 1.30 bits per heavy atom. The zero-order valence-electron chi connectivity index (χ0n) is 12.1. The van der Waals surface area contributed by atoms with Crippen molar-refractivity contribution in [1.82, 2.24) is 10.3 Å². The summed E-state index contributed by atoms with van der Waals surface area (Å²) in [6.07, 6.45) is 1.28. The molecule has 0 saturated carbocycles. The van der Waals surface area contributed by atoms with Crippen LogP contribution in [0.3, 0.4) is 0 Å². The monoisotopic (exact) mass is 288 g/mol. The summed E-state index contributed by atoms with van der Waals surface area (Å²) in [6.45, 7) is 6.01. The lowest BCUT2D eigenvalue weighted by atomic mass is 10.1. The average molecular weight is 288 g/mol. The Morgan fingerprint density at radius 2 is 2.00 bits per heavy atom. The van der Waals surface area contributed by atoms with Gasteiger partial charge in [-0.3, -0.25) is 4.79 Å². The predicted octanol–water partition coefficient (Wildman–Crippen LogP) is 3.57. The van der Waals surface area contributed by atoms with E-state index in [1.807, 2.05) is 51.1 Å². The van der Waals surface area contributed by atoms with Crippen LogP contribution < -0.4 is 5.32 Å². The number of aromatic nitrogens is 1. The number of rotatable bonds is 5. The summed E-state index contributed by atoms with van der Waals surface area (Å²) in [5.41, 5.74) is 2.18. The first-order valence-corrected chi connectivity index (χ1v) is 7.65. The molecule has 4 heteroatoms. The third kappa shape index (κ3) is 3.90. The maximum Gasteiger partial charge on any atom is 0.220 e. The predicted molar refractivity (Wildman–Crippen MR) is 82.9 cm³/mol. The molecule has 0 aliphatic carbocycles. The number of carbonyl (C=O) groups is 1. The number of hydrogen-bond donors (Lipinski definition) is 1. The van der Waals surface area contributed by atoms with Gasteiger partial charge in [-0.2, -0.15) is 0 Å². The fraction of sp³-hybridized carbons (Fsp3) is 0.375. The van der Waals surface area contributed by atoms with E-state index in [1.54, 1.807) is 11.3 Å². The smallest absolute Gasteiger partial charge is 0.220 e. The molecule has 2 rings (SSSR count). The Bertz CT molecular complexity index is 577. The first-order valence-electron chi connectivity index (χ1n) is 6.83. The Morgan fingerprint density at radius 3 is 2.60 bits per heavy atom. The van der Waals surface area contributed by atoms with Gasteiger partial charge < -0.3 is 5.32 Å². The van der Waals surface area contributed by atoms with Crippen molar-refractivity contribution in [3.8, 4) is 0 Å². The molecule has 1 heterocycles. The normalized spacial score (nSPS) is 12.2. The minimum absolute atomic E-state index is 0.0491. The molecule has 2 aromatic rings. The van der Waals surface area contributed by atoms with Crippen molar-refractivity contribution in [2.24, 2.45) is 0 Å². The second kappa shape index (κ2) is 6.66. The van der Waals surface area contributed by atoms with Crippen molar-refractivity contribution in [1.29, 1.82) is 0 Å². The van der Waals surface area contributed by atoms with Crippen LogP contribution in [0.15, 0.2) is 30.3 Å². The van der Waals surface area contributed by atoms with Gasteiger partial charge in [-0.1, -0.05) is 30.3 Å². The molecule has 3 nitrogen and oxygen atoms in total. The Balaban J connectivity index is 1.85. The number of nitrogens with one attached hydrogen (secondary N) is 1. The van der Waals surface area contributed by atoms with Crippen LogP contribution in [0.2, 0.25) is 0 Å². The lowest BCUT2D eigenvalue weighted by Gasteiger charge is -2.14. The van der Waals surface area contributed by atoms with Gasteiger partial charge >= 0.3 is 0 Å². The fourth-order valence-corrected chi connectivity index (χ4v) is 3.11. The lowest BCUT2D eigenvalue weighted by Crippen LogP contribution is -2.26. The van der Waals surface area contributed by atoms with Crippen LogP contribution in [0.25, 0.3) is 0 Å². The van der Waals surface area contributed by atoms with E-state index in [2.05, 4.69) is 10.3 Å².